The fraction of sp³-hybridized carbons (Fsp3) is 0.625. The van der Waals surface area contributed by atoms with Crippen LogP contribution in [-0.2, 0) is 6.54 Å². The Morgan fingerprint density at radius 1 is 1.25 bits per heavy atom. The monoisotopic (exact) mass is 277 g/mol. The summed E-state index contributed by atoms with van der Waals surface area (Å²) in [5, 5.41) is 0. The highest BCUT2D eigenvalue weighted by atomic mass is 16.5. The molecule has 2 N–H and O–H groups in total. The molecule has 112 valence electrons. The van der Waals surface area contributed by atoms with E-state index in [1.807, 2.05) is 18.2 Å². The van der Waals surface area contributed by atoms with Gasteiger partial charge in [-0.15, -0.1) is 0 Å². The second kappa shape index (κ2) is 6.95. The molecule has 0 aliphatic carbocycles. The lowest BCUT2D eigenvalue weighted by Gasteiger charge is -2.38. The van der Waals surface area contributed by atoms with E-state index < -0.39 is 0 Å². The molecule has 1 aromatic carbocycles. The first-order valence-corrected chi connectivity index (χ1v) is 7.52. The maximum Gasteiger partial charge on any atom is 0.123 e. The highest BCUT2D eigenvalue weighted by Gasteiger charge is 2.20. The maximum absolute atomic E-state index is 5.88. The third-order valence-corrected chi connectivity index (χ3v) is 4.32. The second-order valence-electron chi connectivity index (χ2n) is 5.64. The van der Waals surface area contributed by atoms with Crippen molar-refractivity contribution in [2.75, 3.05) is 39.0 Å². The Hall–Kier alpha value is -1.26. The summed E-state index contributed by atoms with van der Waals surface area (Å²) in [5.41, 5.74) is 7.87. The van der Waals surface area contributed by atoms with Crippen LogP contribution in [-0.4, -0.2) is 49.1 Å². The van der Waals surface area contributed by atoms with Crippen LogP contribution in [0.3, 0.4) is 0 Å². The van der Waals surface area contributed by atoms with Gasteiger partial charge in [0.1, 0.15) is 5.75 Å². The van der Waals surface area contributed by atoms with Crippen LogP contribution in [0.15, 0.2) is 18.2 Å². The van der Waals surface area contributed by atoms with Gasteiger partial charge in [-0.2, -0.15) is 0 Å². The van der Waals surface area contributed by atoms with E-state index in [4.69, 9.17) is 10.5 Å². The van der Waals surface area contributed by atoms with Gasteiger partial charge in [0.2, 0.25) is 0 Å². The number of piperazine rings is 1. The van der Waals surface area contributed by atoms with Crippen molar-refractivity contribution in [2.24, 2.45) is 0 Å². The number of benzene rings is 1. The van der Waals surface area contributed by atoms with Crippen molar-refractivity contribution < 1.29 is 4.74 Å². The molecule has 0 amide bonds. The summed E-state index contributed by atoms with van der Waals surface area (Å²) < 4.78 is 5.43. The number of nitrogen functional groups attached to an aromatic ring is 1. The number of nitrogens with two attached hydrogens (primary N) is 1. The number of hydrogen-bond donors (Lipinski definition) is 1. The topological polar surface area (TPSA) is 41.7 Å². The summed E-state index contributed by atoms with van der Waals surface area (Å²) in [5.74, 6) is 0.934. The number of ether oxygens (including phenoxy) is 1. The molecule has 1 aliphatic heterocycles. The van der Waals surface area contributed by atoms with E-state index in [2.05, 4.69) is 23.6 Å². The molecule has 2 rings (SSSR count). The normalized spacial score (nSPS) is 18.9. The van der Waals surface area contributed by atoms with Crippen molar-refractivity contribution in [3.8, 4) is 5.75 Å². The summed E-state index contributed by atoms with van der Waals surface area (Å²) in [6.07, 6.45) is 1.23. The molecule has 1 aliphatic rings. The van der Waals surface area contributed by atoms with Crippen LogP contribution in [0.1, 0.15) is 25.8 Å². The molecule has 1 aromatic rings. The Bertz CT molecular complexity index is 428. The average molecular weight is 277 g/mol. The van der Waals surface area contributed by atoms with Gasteiger partial charge in [0, 0.05) is 50.0 Å². The average Bonchev–Trinajstić information content (AvgIpc) is 2.47. The lowest BCUT2D eigenvalue weighted by molar-refractivity contribution is 0.0958. The number of nitrogens with zero attached hydrogens (tertiary/aromatic N) is 2. The number of methoxy groups -OCH3 is 1. The molecule has 1 atom stereocenters. The Morgan fingerprint density at radius 3 is 2.55 bits per heavy atom. The Morgan fingerprint density at radius 2 is 1.95 bits per heavy atom. The zero-order valence-corrected chi connectivity index (χ0v) is 12.9. The molecule has 4 heteroatoms. The summed E-state index contributed by atoms with van der Waals surface area (Å²) in [6, 6.07) is 6.57. The van der Waals surface area contributed by atoms with Gasteiger partial charge in [-0.1, -0.05) is 6.92 Å². The van der Waals surface area contributed by atoms with Crippen molar-refractivity contribution in [3.05, 3.63) is 23.8 Å². The van der Waals surface area contributed by atoms with Crippen molar-refractivity contribution in [3.63, 3.8) is 0 Å². The fourth-order valence-electron chi connectivity index (χ4n) is 2.78. The van der Waals surface area contributed by atoms with Crippen LogP contribution in [0.2, 0.25) is 0 Å². The van der Waals surface area contributed by atoms with Gasteiger partial charge in [-0.3, -0.25) is 9.80 Å². The standard InChI is InChI=1S/C16H27N3O/c1-4-13(2)19-9-7-18(8-10-19)12-14-11-15(17)5-6-16(14)20-3/h5-6,11,13H,4,7-10,12,17H2,1-3H3. The Labute approximate surface area is 122 Å². The van der Waals surface area contributed by atoms with Crippen LogP contribution in [0.4, 0.5) is 5.69 Å². The molecule has 4 nitrogen and oxygen atoms in total. The summed E-state index contributed by atoms with van der Waals surface area (Å²) >= 11 is 0. The number of hydrogen-bond acceptors (Lipinski definition) is 4. The first kappa shape index (κ1) is 15.1. The maximum atomic E-state index is 5.88. The molecule has 20 heavy (non-hydrogen) atoms. The summed E-state index contributed by atoms with van der Waals surface area (Å²) in [6.45, 7) is 10.0. The van der Waals surface area contributed by atoms with E-state index in [1.165, 1.54) is 12.0 Å². The highest BCUT2D eigenvalue weighted by molar-refractivity contribution is 5.47. The van der Waals surface area contributed by atoms with Crippen LogP contribution in [0.5, 0.6) is 5.75 Å². The molecular formula is C16H27N3O. The minimum Gasteiger partial charge on any atom is -0.496 e. The van der Waals surface area contributed by atoms with Crippen molar-refractivity contribution in [2.45, 2.75) is 32.9 Å². The lowest BCUT2D eigenvalue weighted by Crippen LogP contribution is -2.49. The molecule has 1 saturated heterocycles. The molecule has 0 aromatic heterocycles. The third-order valence-electron chi connectivity index (χ3n) is 4.32. The van der Waals surface area contributed by atoms with Gasteiger partial charge in [-0.05, 0) is 31.5 Å². The van der Waals surface area contributed by atoms with Gasteiger partial charge in [0.15, 0.2) is 0 Å². The zero-order chi connectivity index (χ0) is 14.5. The Kier molecular flexibility index (Phi) is 5.26. The SMILES string of the molecule is CCC(C)N1CCN(Cc2cc(N)ccc2OC)CC1. The zero-order valence-electron chi connectivity index (χ0n) is 12.9. The fourth-order valence-corrected chi connectivity index (χ4v) is 2.78. The van der Waals surface area contributed by atoms with Gasteiger partial charge < -0.3 is 10.5 Å². The molecule has 1 unspecified atom stereocenters. The molecule has 0 radical (unpaired) electrons. The van der Waals surface area contributed by atoms with Gasteiger partial charge in [0.25, 0.3) is 0 Å². The van der Waals surface area contributed by atoms with E-state index in [0.29, 0.717) is 6.04 Å². The lowest BCUT2D eigenvalue weighted by atomic mass is 10.1. The molecule has 1 heterocycles. The van der Waals surface area contributed by atoms with Crippen molar-refractivity contribution in [1.82, 2.24) is 9.80 Å². The van der Waals surface area contributed by atoms with Crippen LogP contribution >= 0.6 is 0 Å². The van der Waals surface area contributed by atoms with Crippen molar-refractivity contribution >= 4 is 5.69 Å². The largest absolute Gasteiger partial charge is 0.496 e. The molecule has 0 saturated carbocycles. The first-order valence-electron chi connectivity index (χ1n) is 7.52. The highest BCUT2D eigenvalue weighted by Crippen LogP contribution is 2.23. The number of anilines is 1. The molecule has 1 fully saturated rings. The smallest absolute Gasteiger partial charge is 0.123 e. The second-order valence-corrected chi connectivity index (χ2v) is 5.64. The first-order chi connectivity index (χ1) is 9.63. The van der Waals surface area contributed by atoms with E-state index in [9.17, 15) is 0 Å². The van der Waals surface area contributed by atoms with Gasteiger partial charge in [0.05, 0.1) is 7.11 Å². The quantitative estimate of drug-likeness (QED) is 0.838. The van der Waals surface area contributed by atoms with Crippen LogP contribution in [0.25, 0.3) is 0 Å². The molecular weight excluding hydrogens is 250 g/mol. The molecule has 0 bridgehead atoms. The van der Waals surface area contributed by atoms with Gasteiger partial charge >= 0.3 is 0 Å². The predicted octanol–water partition coefficient (Wildman–Crippen LogP) is 2.19. The van der Waals surface area contributed by atoms with Crippen LogP contribution in [0, 0.1) is 0 Å². The van der Waals surface area contributed by atoms with E-state index in [-0.39, 0.29) is 0 Å². The minimum absolute atomic E-state index is 0.694. The predicted molar refractivity (Wildman–Crippen MR) is 84.0 cm³/mol. The third kappa shape index (κ3) is 3.64. The van der Waals surface area contributed by atoms with E-state index in [0.717, 1.165) is 44.2 Å². The van der Waals surface area contributed by atoms with Crippen LogP contribution < -0.4 is 10.5 Å². The minimum atomic E-state index is 0.694. The van der Waals surface area contributed by atoms with E-state index >= 15 is 0 Å². The summed E-state index contributed by atoms with van der Waals surface area (Å²) in [7, 11) is 1.72. The van der Waals surface area contributed by atoms with Gasteiger partial charge in [-0.25, -0.2) is 0 Å². The number of rotatable bonds is 5. The Balaban J connectivity index is 1.94. The van der Waals surface area contributed by atoms with Crippen molar-refractivity contribution in [1.29, 1.82) is 0 Å². The summed E-state index contributed by atoms with van der Waals surface area (Å²) in [4.78, 5) is 5.06. The van der Waals surface area contributed by atoms with E-state index in [1.54, 1.807) is 7.11 Å². The molecule has 0 spiro atoms.